The zero-order valence-electron chi connectivity index (χ0n) is 13.4. The molecule has 2 unspecified atom stereocenters. The molecule has 4 nitrogen and oxygen atoms in total. The molecule has 1 N–H and O–H groups in total. The van der Waals surface area contributed by atoms with Crippen molar-refractivity contribution in [3.63, 3.8) is 0 Å². The van der Waals surface area contributed by atoms with Gasteiger partial charge in [0.05, 0.1) is 6.07 Å². The van der Waals surface area contributed by atoms with Crippen LogP contribution >= 0.6 is 0 Å². The van der Waals surface area contributed by atoms with Gasteiger partial charge in [-0.3, -0.25) is 5.32 Å². The number of hydrogen-bond acceptors (Lipinski definition) is 4. The highest BCUT2D eigenvalue weighted by Gasteiger charge is 2.46. The maximum absolute atomic E-state index is 9.72. The zero-order valence-corrected chi connectivity index (χ0v) is 13.4. The fourth-order valence-corrected chi connectivity index (χ4v) is 3.53. The third-order valence-electron chi connectivity index (χ3n) is 4.74. The average Bonchev–Trinajstić information content (AvgIpc) is 3.20. The van der Waals surface area contributed by atoms with E-state index in [4.69, 9.17) is 0 Å². The van der Waals surface area contributed by atoms with E-state index in [1.54, 1.807) is 0 Å². The predicted molar refractivity (Wildman–Crippen MR) is 82.5 cm³/mol. The van der Waals surface area contributed by atoms with Crippen molar-refractivity contribution in [3.8, 4) is 6.07 Å². The van der Waals surface area contributed by atoms with Crippen molar-refractivity contribution in [1.82, 2.24) is 15.1 Å². The minimum absolute atomic E-state index is 0.310. The fraction of sp³-hybridized carbons (Fsp3) is 0.938. The summed E-state index contributed by atoms with van der Waals surface area (Å²) in [7, 11) is 4.38. The van der Waals surface area contributed by atoms with Gasteiger partial charge < -0.3 is 9.80 Å². The number of nitrogens with zero attached hydrogens (tertiary/aromatic N) is 3. The molecule has 114 valence electrons. The molecular weight excluding hydrogens is 248 g/mol. The Morgan fingerprint density at radius 2 is 2.15 bits per heavy atom. The smallest absolute Gasteiger partial charge is 0.122 e. The van der Waals surface area contributed by atoms with E-state index in [0.717, 1.165) is 32.0 Å². The van der Waals surface area contributed by atoms with Crippen LogP contribution < -0.4 is 5.32 Å². The first kappa shape index (κ1) is 15.8. The Morgan fingerprint density at radius 3 is 2.65 bits per heavy atom. The lowest BCUT2D eigenvalue weighted by molar-refractivity contribution is 0.203. The van der Waals surface area contributed by atoms with Crippen LogP contribution in [-0.2, 0) is 0 Å². The molecule has 0 bridgehead atoms. The van der Waals surface area contributed by atoms with Gasteiger partial charge in [0.25, 0.3) is 0 Å². The molecule has 0 spiro atoms. The van der Waals surface area contributed by atoms with Gasteiger partial charge in [-0.15, -0.1) is 0 Å². The summed E-state index contributed by atoms with van der Waals surface area (Å²) in [6.45, 7) is 7.53. The van der Waals surface area contributed by atoms with Crippen molar-refractivity contribution >= 4 is 0 Å². The number of likely N-dealkylation sites (N-methyl/N-ethyl adjacent to an activating group) is 1. The van der Waals surface area contributed by atoms with Gasteiger partial charge in [-0.2, -0.15) is 5.26 Å². The zero-order chi connectivity index (χ0) is 14.6. The summed E-state index contributed by atoms with van der Waals surface area (Å²) in [5.41, 5.74) is -0.310. The first-order valence-electron chi connectivity index (χ1n) is 8.13. The second kappa shape index (κ2) is 6.89. The van der Waals surface area contributed by atoms with E-state index in [9.17, 15) is 5.26 Å². The molecule has 0 aromatic heterocycles. The van der Waals surface area contributed by atoms with Crippen LogP contribution in [0, 0.1) is 23.2 Å². The molecule has 2 atom stereocenters. The van der Waals surface area contributed by atoms with E-state index in [1.807, 2.05) is 0 Å². The molecule has 1 saturated carbocycles. The largest absolute Gasteiger partial charge is 0.306 e. The van der Waals surface area contributed by atoms with Crippen molar-refractivity contribution in [2.24, 2.45) is 11.8 Å². The molecule has 0 aromatic carbocycles. The van der Waals surface area contributed by atoms with Crippen LogP contribution in [0.4, 0.5) is 0 Å². The van der Waals surface area contributed by atoms with Crippen molar-refractivity contribution < 1.29 is 0 Å². The van der Waals surface area contributed by atoms with Gasteiger partial charge in [-0.1, -0.05) is 6.92 Å². The van der Waals surface area contributed by atoms with Gasteiger partial charge >= 0.3 is 0 Å². The van der Waals surface area contributed by atoms with Crippen LogP contribution in [0.3, 0.4) is 0 Å². The Balaban J connectivity index is 1.88. The minimum Gasteiger partial charge on any atom is -0.306 e. The number of nitrogens with one attached hydrogen (secondary N) is 1. The summed E-state index contributed by atoms with van der Waals surface area (Å²) in [6, 6.07) is 2.61. The molecule has 1 saturated heterocycles. The van der Waals surface area contributed by atoms with Gasteiger partial charge in [-0.05, 0) is 64.7 Å². The highest BCUT2D eigenvalue weighted by atomic mass is 15.2. The van der Waals surface area contributed by atoms with Crippen LogP contribution in [0.5, 0.6) is 0 Å². The Labute approximate surface area is 124 Å². The SMILES string of the molecule is CCCNC(C#N)(CN(C)CC1CCN(C)C1)C1CC1. The Kier molecular flexibility index (Phi) is 5.42. The lowest BCUT2D eigenvalue weighted by Gasteiger charge is -2.33. The van der Waals surface area contributed by atoms with E-state index in [2.05, 4.69) is 42.2 Å². The van der Waals surface area contributed by atoms with Crippen LogP contribution in [0.1, 0.15) is 32.6 Å². The van der Waals surface area contributed by atoms with Crippen molar-refractivity contribution in [3.05, 3.63) is 0 Å². The summed E-state index contributed by atoms with van der Waals surface area (Å²) in [4.78, 5) is 4.79. The van der Waals surface area contributed by atoms with Gasteiger partial charge in [0.1, 0.15) is 5.54 Å². The van der Waals surface area contributed by atoms with Crippen LogP contribution in [0.2, 0.25) is 0 Å². The molecule has 0 amide bonds. The first-order chi connectivity index (χ1) is 9.59. The fourth-order valence-electron chi connectivity index (χ4n) is 3.53. The van der Waals surface area contributed by atoms with E-state index in [0.29, 0.717) is 5.92 Å². The third-order valence-corrected chi connectivity index (χ3v) is 4.74. The summed E-state index contributed by atoms with van der Waals surface area (Å²) in [6.07, 6.45) is 4.81. The van der Waals surface area contributed by atoms with Crippen LogP contribution in [0.25, 0.3) is 0 Å². The van der Waals surface area contributed by atoms with E-state index in [-0.39, 0.29) is 5.54 Å². The van der Waals surface area contributed by atoms with E-state index < -0.39 is 0 Å². The second-order valence-electron chi connectivity index (χ2n) is 6.90. The quantitative estimate of drug-likeness (QED) is 0.731. The standard InChI is InChI=1S/C16H30N4/c1-4-8-18-16(12-17,15-5-6-15)13-20(3)11-14-7-9-19(2)10-14/h14-15,18H,4-11,13H2,1-3H3. The Morgan fingerprint density at radius 1 is 1.40 bits per heavy atom. The summed E-state index contributed by atoms with van der Waals surface area (Å²) >= 11 is 0. The number of hydrogen-bond donors (Lipinski definition) is 1. The molecule has 0 radical (unpaired) electrons. The monoisotopic (exact) mass is 278 g/mol. The summed E-state index contributed by atoms with van der Waals surface area (Å²) in [5.74, 6) is 1.33. The molecule has 2 fully saturated rings. The molecule has 2 rings (SSSR count). The van der Waals surface area contributed by atoms with Crippen LogP contribution in [0.15, 0.2) is 0 Å². The molecule has 20 heavy (non-hydrogen) atoms. The van der Waals surface area contributed by atoms with Crippen molar-refractivity contribution in [2.75, 3.05) is 46.8 Å². The van der Waals surface area contributed by atoms with Gasteiger partial charge in [0.2, 0.25) is 0 Å². The van der Waals surface area contributed by atoms with Crippen molar-refractivity contribution in [1.29, 1.82) is 5.26 Å². The molecule has 1 heterocycles. The molecule has 0 aromatic rings. The Hall–Kier alpha value is -0.630. The van der Waals surface area contributed by atoms with Gasteiger partial charge in [0.15, 0.2) is 0 Å². The Bertz CT molecular complexity index is 347. The summed E-state index contributed by atoms with van der Waals surface area (Å²) < 4.78 is 0. The predicted octanol–water partition coefficient (Wildman–Crippen LogP) is 1.54. The van der Waals surface area contributed by atoms with Crippen LogP contribution in [-0.4, -0.2) is 62.2 Å². The maximum Gasteiger partial charge on any atom is 0.122 e. The topological polar surface area (TPSA) is 42.3 Å². The third kappa shape index (κ3) is 3.94. The minimum atomic E-state index is -0.310. The second-order valence-corrected chi connectivity index (χ2v) is 6.90. The molecule has 2 aliphatic rings. The molecule has 1 aliphatic heterocycles. The normalized spacial score (nSPS) is 26.6. The average molecular weight is 278 g/mol. The lowest BCUT2D eigenvalue weighted by atomic mass is 9.93. The molecular formula is C16H30N4. The first-order valence-corrected chi connectivity index (χ1v) is 8.13. The van der Waals surface area contributed by atoms with Crippen molar-refractivity contribution in [2.45, 2.75) is 38.1 Å². The van der Waals surface area contributed by atoms with E-state index >= 15 is 0 Å². The highest BCUT2D eigenvalue weighted by molar-refractivity contribution is 5.16. The maximum atomic E-state index is 9.72. The molecule has 4 heteroatoms. The lowest BCUT2D eigenvalue weighted by Crippen LogP contribution is -2.54. The highest BCUT2D eigenvalue weighted by Crippen LogP contribution is 2.40. The van der Waals surface area contributed by atoms with Gasteiger partial charge in [0, 0.05) is 19.6 Å². The number of likely N-dealkylation sites (tertiary alicyclic amines) is 1. The van der Waals surface area contributed by atoms with Gasteiger partial charge in [-0.25, -0.2) is 0 Å². The molecule has 1 aliphatic carbocycles. The number of rotatable bonds is 8. The number of nitriles is 1. The summed E-state index contributed by atoms with van der Waals surface area (Å²) in [5, 5.41) is 13.3. The van der Waals surface area contributed by atoms with E-state index in [1.165, 1.54) is 32.4 Å².